The number of hydrogen-bond donors (Lipinski definition) is 1. The molecule has 7 heteroatoms. The molecule has 2 aromatic heterocycles. The quantitative estimate of drug-likeness (QED) is 0.887. The van der Waals surface area contributed by atoms with Gasteiger partial charge < -0.3 is 10.2 Å². The molecule has 6 nitrogen and oxygen atoms in total. The molecule has 0 saturated heterocycles. The fourth-order valence-corrected chi connectivity index (χ4v) is 2.40. The van der Waals surface area contributed by atoms with Gasteiger partial charge in [0.1, 0.15) is 11.5 Å². The summed E-state index contributed by atoms with van der Waals surface area (Å²) in [6.45, 7) is 5.29. The fraction of sp³-hybridized carbons (Fsp3) is 0.429. The zero-order valence-electron chi connectivity index (χ0n) is 12.5. The molecule has 1 amide bonds. The maximum absolute atomic E-state index is 12.4. The predicted octanol–water partition coefficient (Wildman–Crippen LogP) is 2.34. The number of carbonyl (C=O) groups is 1. The molecule has 0 aromatic carbocycles. The molecule has 0 atom stereocenters. The maximum Gasteiger partial charge on any atom is 0.274 e. The van der Waals surface area contributed by atoms with Crippen LogP contribution >= 0.6 is 11.3 Å². The topological polar surface area (TPSA) is 71.0 Å². The number of nitrogens with one attached hydrogen (secondary N) is 1. The van der Waals surface area contributed by atoms with Gasteiger partial charge in [-0.25, -0.2) is 9.97 Å². The average Bonchev–Trinajstić information content (AvgIpc) is 2.89. The van der Waals surface area contributed by atoms with Gasteiger partial charge in [0, 0.05) is 19.0 Å². The van der Waals surface area contributed by atoms with Gasteiger partial charge in [0.15, 0.2) is 0 Å². The molecule has 1 N–H and O–H groups in total. The molecule has 2 heterocycles. The molecule has 0 fully saturated rings. The van der Waals surface area contributed by atoms with E-state index in [1.807, 2.05) is 12.3 Å². The van der Waals surface area contributed by atoms with Crippen LogP contribution in [0.5, 0.6) is 0 Å². The van der Waals surface area contributed by atoms with Gasteiger partial charge in [-0.05, 0) is 13.3 Å². The van der Waals surface area contributed by atoms with Crippen molar-refractivity contribution in [2.45, 2.75) is 26.8 Å². The standard InChI is InChI=1S/C14H19N5OS/c1-4-5-16-13-7-15-6-12(18-13)14(20)19(3)8-11-9-21-10(2)17-11/h6-7,9H,4-5,8H2,1-3H3,(H,16,18). The Bertz CT molecular complexity index is 613. The van der Waals surface area contributed by atoms with Crippen molar-refractivity contribution in [3.8, 4) is 0 Å². The van der Waals surface area contributed by atoms with Crippen molar-refractivity contribution in [1.29, 1.82) is 0 Å². The van der Waals surface area contributed by atoms with Crippen molar-refractivity contribution in [3.63, 3.8) is 0 Å². The van der Waals surface area contributed by atoms with Crippen LogP contribution in [0, 0.1) is 6.92 Å². The van der Waals surface area contributed by atoms with Crippen LogP contribution in [0.4, 0.5) is 5.82 Å². The Morgan fingerprint density at radius 1 is 1.38 bits per heavy atom. The highest BCUT2D eigenvalue weighted by atomic mass is 32.1. The van der Waals surface area contributed by atoms with Crippen LogP contribution in [0.3, 0.4) is 0 Å². The highest BCUT2D eigenvalue weighted by Gasteiger charge is 2.15. The Balaban J connectivity index is 2.04. The minimum absolute atomic E-state index is 0.159. The monoisotopic (exact) mass is 305 g/mol. The molecule has 0 aliphatic carbocycles. The Labute approximate surface area is 128 Å². The highest BCUT2D eigenvalue weighted by Crippen LogP contribution is 2.11. The maximum atomic E-state index is 12.4. The number of carbonyl (C=O) groups excluding carboxylic acids is 1. The van der Waals surface area contributed by atoms with E-state index in [9.17, 15) is 4.79 Å². The third kappa shape index (κ3) is 4.22. The van der Waals surface area contributed by atoms with Gasteiger partial charge in [-0.15, -0.1) is 11.3 Å². The van der Waals surface area contributed by atoms with Crippen LogP contribution in [0.1, 0.15) is 34.5 Å². The number of nitrogens with zero attached hydrogens (tertiary/aromatic N) is 4. The minimum atomic E-state index is -0.159. The normalized spacial score (nSPS) is 10.4. The van der Waals surface area contributed by atoms with Crippen LogP contribution in [0.15, 0.2) is 17.8 Å². The zero-order chi connectivity index (χ0) is 15.2. The summed E-state index contributed by atoms with van der Waals surface area (Å²) in [5.74, 6) is 0.467. The third-order valence-corrected chi connectivity index (χ3v) is 3.64. The second kappa shape index (κ2) is 7.12. The molecule has 21 heavy (non-hydrogen) atoms. The van der Waals surface area contributed by atoms with Crippen LogP contribution in [-0.4, -0.2) is 39.4 Å². The first kappa shape index (κ1) is 15.4. The SMILES string of the molecule is CCCNc1cncc(C(=O)N(C)Cc2csc(C)n2)n1. The van der Waals surface area contributed by atoms with Crippen molar-refractivity contribution >= 4 is 23.1 Å². The largest absolute Gasteiger partial charge is 0.369 e. The Kier molecular flexibility index (Phi) is 5.21. The molecule has 0 aliphatic heterocycles. The number of thiazole rings is 1. The molecule has 2 aromatic rings. The van der Waals surface area contributed by atoms with Crippen LogP contribution < -0.4 is 5.32 Å². The average molecular weight is 305 g/mol. The fourth-order valence-electron chi connectivity index (χ4n) is 1.80. The first-order valence-electron chi connectivity index (χ1n) is 6.82. The number of rotatable bonds is 6. The van der Waals surface area contributed by atoms with Gasteiger partial charge in [0.05, 0.1) is 29.6 Å². The summed E-state index contributed by atoms with van der Waals surface area (Å²) in [5.41, 5.74) is 1.23. The smallest absolute Gasteiger partial charge is 0.274 e. The van der Waals surface area contributed by atoms with Gasteiger partial charge >= 0.3 is 0 Å². The molecule has 0 unspecified atom stereocenters. The summed E-state index contributed by atoms with van der Waals surface area (Å²) < 4.78 is 0. The Morgan fingerprint density at radius 2 is 2.19 bits per heavy atom. The van der Waals surface area contributed by atoms with E-state index >= 15 is 0 Å². The van der Waals surface area contributed by atoms with Crippen molar-refractivity contribution in [2.24, 2.45) is 0 Å². The lowest BCUT2D eigenvalue weighted by atomic mass is 10.3. The molecule has 112 valence electrons. The van der Waals surface area contributed by atoms with E-state index in [0.717, 1.165) is 23.7 Å². The first-order valence-corrected chi connectivity index (χ1v) is 7.70. The van der Waals surface area contributed by atoms with Gasteiger partial charge in [0.25, 0.3) is 5.91 Å². The van der Waals surface area contributed by atoms with Crippen molar-refractivity contribution in [3.05, 3.63) is 34.2 Å². The van der Waals surface area contributed by atoms with E-state index in [1.54, 1.807) is 29.5 Å². The van der Waals surface area contributed by atoms with E-state index in [1.165, 1.54) is 6.20 Å². The summed E-state index contributed by atoms with van der Waals surface area (Å²) in [4.78, 5) is 26.7. The molecular formula is C14H19N5OS. The van der Waals surface area contributed by atoms with Crippen molar-refractivity contribution < 1.29 is 4.79 Å². The third-order valence-electron chi connectivity index (χ3n) is 2.82. The summed E-state index contributed by atoms with van der Waals surface area (Å²) in [6, 6.07) is 0. The number of amides is 1. The Hall–Kier alpha value is -2.02. The van der Waals surface area contributed by atoms with E-state index in [4.69, 9.17) is 0 Å². The number of aryl methyl sites for hydroxylation is 1. The number of anilines is 1. The predicted molar refractivity (Wildman–Crippen MR) is 83.5 cm³/mol. The van der Waals surface area contributed by atoms with Crippen LogP contribution in [-0.2, 0) is 6.54 Å². The zero-order valence-corrected chi connectivity index (χ0v) is 13.3. The summed E-state index contributed by atoms with van der Waals surface area (Å²) >= 11 is 1.58. The summed E-state index contributed by atoms with van der Waals surface area (Å²) in [6.07, 6.45) is 4.10. The van der Waals surface area contributed by atoms with E-state index in [0.29, 0.717) is 18.1 Å². The second-order valence-corrected chi connectivity index (χ2v) is 5.80. The van der Waals surface area contributed by atoms with Gasteiger partial charge in [0.2, 0.25) is 0 Å². The minimum Gasteiger partial charge on any atom is -0.369 e. The van der Waals surface area contributed by atoms with Gasteiger partial charge in [-0.1, -0.05) is 6.92 Å². The second-order valence-electron chi connectivity index (χ2n) is 4.74. The summed E-state index contributed by atoms with van der Waals surface area (Å²) in [5, 5.41) is 6.09. The molecule has 0 radical (unpaired) electrons. The highest BCUT2D eigenvalue weighted by molar-refractivity contribution is 7.09. The summed E-state index contributed by atoms with van der Waals surface area (Å²) in [7, 11) is 1.74. The molecular weight excluding hydrogens is 286 g/mol. The molecule has 0 saturated carbocycles. The Morgan fingerprint density at radius 3 is 2.86 bits per heavy atom. The number of hydrogen-bond acceptors (Lipinski definition) is 6. The van der Waals surface area contributed by atoms with E-state index in [-0.39, 0.29) is 5.91 Å². The van der Waals surface area contributed by atoms with Gasteiger partial charge in [-0.3, -0.25) is 9.78 Å². The molecule has 0 aliphatic rings. The van der Waals surface area contributed by atoms with Crippen LogP contribution in [0.2, 0.25) is 0 Å². The van der Waals surface area contributed by atoms with E-state index < -0.39 is 0 Å². The lowest BCUT2D eigenvalue weighted by molar-refractivity contribution is 0.0777. The van der Waals surface area contributed by atoms with Gasteiger partial charge in [-0.2, -0.15) is 0 Å². The van der Waals surface area contributed by atoms with E-state index in [2.05, 4.69) is 27.2 Å². The molecule has 2 rings (SSSR count). The molecule has 0 spiro atoms. The van der Waals surface area contributed by atoms with Crippen LogP contribution in [0.25, 0.3) is 0 Å². The molecule has 0 bridgehead atoms. The van der Waals surface area contributed by atoms with Crippen molar-refractivity contribution in [2.75, 3.05) is 18.9 Å². The number of aromatic nitrogens is 3. The lowest BCUT2D eigenvalue weighted by Crippen LogP contribution is -2.27. The lowest BCUT2D eigenvalue weighted by Gasteiger charge is -2.15. The van der Waals surface area contributed by atoms with Crippen molar-refractivity contribution in [1.82, 2.24) is 19.9 Å². The first-order chi connectivity index (χ1) is 10.1.